The minimum Gasteiger partial charge on any atom is -0.395 e. The van der Waals surface area contributed by atoms with Crippen LogP contribution in [0, 0.1) is 0 Å². The molecule has 0 saturated carbocycles. The first-order valence-corrected chi connectivity index (χ1v) is 9.34. The quantitative estimate of drug-likeness (QED) is 0.658. The summed E-state index contributed by atoms with van der Waals surface area (Å²) in [6.07, 6.45) is 8.37. The van der Waals surface area contributed by atoms with E-state index in [-0.39, 0.29) is 6.61 Å². The van der Waals surface area contributed by atoms with E-state index in [9.17, 15) is 0 Å². The molecule has 0 radical (unpaired) electrons. The van der Waals surface area contributed by atoms with Crippen LogP contribution in [0.15, 0.2) is 43.0 Å². The number of aliphatic hydroxyl groups excluding tert-OH is 1. The van der Waals surface area contributed by atoms with Gasteiger partial charge in [0.15, 0.2) is 11.6 Å². The lowest BCUT2D eigenvalue weighted by Gasteiger charge is -2.23. The third kappa shape index (κ3) is 3.89. The summed E-state index contributed by atoms with van der Waals surface area (Å²) in [6.45, 7) is 3.00. The molecule has 0 saturated heterocycles. The fourth-order valence-corrected chi connectivity index (χ4v) is 3.37. The average molecular weight is 385 g/mol. The predicted octanol–water partition coefficient (Wildman–Crippen LogP) is 2.81. The zero-order valence-electron chi connectivity index (χ0n) is 14.8. The van der Waals surface area contributed by atoms with Gasteiger partial charge in [-0.05, 0) is 18.6 Å². The van der Waals surface area contributed by atoms with Gasteiger partial charge in [0.05, 0.1) is 18.5 Å². The van der Waals surface area contributed by atoms with Gasteiger partial charge in [-0.15, -0.1) is 0 Å². The van der Waals surface area contributed by atoms with Crippen LogP contribution in [-0.2, 0) is 13.1 Å². The summed E-state index contributed by atoms with van der Waals surface area (Å²) in [6, 6.07) is 5.86. The Morgan fingerprint density at radius 1 is 1.26 bits per heavy atom. The fraction of sp³-hybridized carbons (Fsp3) is 0.316. The summed E-state index contributed by atoms with van der Waals surface area (Å²) in [7, 11) is 0. The fourth-order valence-electron chi connectivity index (χ4n) is 3.19. The lowest BCUT2D eigenvalue weighted by Crippen LogP contribution is -2.25. The monoisotopic (exact) mass is 384 g/mol. The highest BCUT2D eigenvalue weighted by Crippen LogP contribution is 2.29. The van der Waals surface area contributed by atoms with Gasteiger partial charge < -0.3 is 19.9 Å². The van der Waals surface area contributed by atoms with E-state index < -0.39 is 0 Å². The third-order valence-electron chi connectivity index (χ3n) is 4.55. The van der Waals surface area contributed by atoms with Crippen LogP contribution in [0.1, 0.15) is 12.0 Å². The topological polar surface area (TPSA) is 79.1 Å². The lowest BCUT2D eigenvalue weighted by molar-refractivity contribution is 0.276. The van der Waals surface area contributed by atoms with Gasteiger partial charge in [-0.1, -0.05) is 17.7 Å². The zero-order chi connectivity index (χ0) is 18.6. The molecule has 0 unspecified atom stereocenters. The molecular formula is C19H21ClN6O. The number of pyridine rings is 1. The summed E-state index contributed by atoms with van der Waals surface area (Å²) >= 11 is 6.26. The molecule has 0 spiro atoms. The Labute approximate surface area is 162 Å². The van der Waals surface area contributed by atoms with Gasteiger partial charge in [-0.3, -0.25) is 0 Å². The first-order valence-electron chi connectivity index (χ1n) is 8.97. The highest BCUT2D eigenvalue weighted by Gasteiger charge is 2.20. The smallest absolute Gasteiger partial charge is 0.172 e. The van der Waals surface area contributed by atoms with Gasteiger partial charge in [0.2, 0.25) is 0 Å². The number of rotatable bonds is 5. The maximum Gasteiger partial charge on any atom is 0.172 e. The van der Waals surface area contributed by atoms with Crippen molar-refractivity contribution in [3.8, 4) is 11.3 Å². The van der Waals surface area contributed by atoms with E-state index in [1.807, 2.05) is 35.2 Å². The number of aromatic nitrogens is 4. The van der Waals surface area contributed by atoms with E-state index in [1.54, 1.807) is 12.4 Å². The lowest BCUT2D eigenvalue weighted by atomic mass is 10.2. The summed E-state index contributed by atoms with van der Waals surface area (Å²) in [5, 5.41) is 13.0. The molecule has 4 rings (SSSR count). The average Bonchev–Trinajstić information content (AvgIpc) is 3.05. The van der Waals surface area contributed by atoms with Crippen LogP contribution in [0.5, 0.6) is 0 Å². The van der Waals surface area contributed by atoms with E-state index in [0.29, 0.717) is 18.2 Å². The van der Waals surface area contributed by atoms with Crippen molar-refractivity contribution in [2.75, 3.05) is 29.9 Å². The number of nitrogens with one attached hydrogen (secondary N) is 1. The van der Waals surface area contributed by atoms with Crippen molar-refractivity contribution in [2.24, 2.45) is 0 Å². The van der Waals surface area contributed by atoms with Gasteiger partial charge in [0.25, 0.3) is 0 Å². The second-order valence-electron chi connectivity index (χ2n) is 6.44. The van der Waals surface area contributed by atoms with Crippen molar-refractivity contribution >= 4 is 23.2 Å². The largest absolute Gasteiger partial charge is 0.395 e. The molecule has 3 aromatic rings. The highest BCUT2D eigenvalue weighted by atomic mass is 35.5. The molecule has 3 aromatic heterocycles. The van der Waals surface area contributed by atoms with Gasteiger partial charge in [0, 0.05) is 55.9 Å². The molecule has 140 valence electrons. The number of halogens is 1. The molecule has 27 heavy (non-hydrogen) atoms. The molecule has 0 aromatic carbocycles. The summed E-state index contributed by atoms with van der Waals surface area (Å²) < 4.78 is 1.94. The van der Waals surface area contributed by atoms with Crippen LogP contribution >= 0.6 is 11.6 Å². The Kier molecular flexibility index (Phi) is 5.22. The summed E-state index contributed by atoms with van der Waals surface area (Å²) in [4.78, 5) is 15.9. The molecule has 8 heteroatoms. The molecule has 1 aliphatic heterocycles. The molecule has 0 bridgehead atoms. The van der Waals surface area contributed by atoms with Crippen molar-refractivity contribution in [3.05, 3.63) is 53.7 Å². The van der Waals surface area contributed by atoms with E-state index >= 15 is 0 Å². The number of hydrogen-bond acceptors (Lipinski definition) is 6. The maximum atomic E-state index is 9.11. The number of hydrogen-bond donors (Lipinski definition) is 2. The van der Waals surface area contributed by atoms with Gasteiger partial charge >= 0.3 is 0 Å². The minimum absolute atomic E-state index is 0.105. The first-order chi connectivity index (χ1) is 13.2. The van der Waals surface area contributed by atoms with Crippen molar-refractivity contribution in [1.82, 2.24) is 19.5 Å². The first kappa shape index (κ1) is 17.8. The minimum atomic E-state index is 0.105. The molecule has 0 amide bonds. The van der Waals surface area contributed by atoms with Crippen LogP contribution in [0.2, 0.25) is 5.15 Å². The van der Waals surface area contributed by atoms with Crippen LogP contribution in [0.4, 0.5) is 11.6 Å². The third-order valence-corrected chi connectivity index (χ3v) is 4.89. The van der Waals surface area contributed by atoms with E-state index in [0.717, 1.165) is 48.0 Å². The van der Waals surface area contributed by atoms with Crippen molar-refractivity contribution < 1.29 is 5.11 Å². The van der Waals surface area contributed by atoms with Crippen LogP contribution in [0.3, 0.4) is 0 Å². The summed E-state index contributed by atoms with van der Waals surface area (Å²) in [5.41, 5.74) is 2.74. The van der Waals surface area contributed by atoms with E-state index in [4.69, 9.17) is 21.7 Å². The molecule has 4 heterocycles. The molecule has 0 aliphatic carbocycles. The SMILES string of the molecule is OCCn1ccc(-c2cnc3c(n2)N(Cc2cccnc2Cl)CCCN3)c1. The van der Waals surface area contributed by atoms with Gasteiger partial charge in [0.1, 0.15) is 5.15 Å². The van der Waals surface area contributed by atoms with Gasteiger partial charge in [-0.2, -0.15) is 0 Å². The van der Waals surface area contributed by atoms with Crippen molar-refractivity contribution in [1.29, 1.82) is 0 Å². The Morgan fingerprint density at radius 2 is 2.19 bits per heavy atom. The van der Waals surface area contributed by atoms with Gasteiger partial charge in [-0.25, -0.2) is 15.0 Å². The zero-order valence-corrected chi connectivity index (χ0v) is 15.6. The maximum absolute atomic E-state index is 9.11. The molecule has 0 atom stereocenters. The highest BCUT2D eigenvalue weighted by molar-refractivity contribution is 6.30. The van der Waals surface area contributed by atoms with Crippen LogP contribution < -0.4 is 10.2 Å². The van der Waals surface area contributed by atoms with Crippen LogP contribution in [-0.4, -0.2) is 44.3 Å². The van der Waals surface area contributed by atoms with E-state index in [1.165, 1.54) is 0 Å². The number of nitrogens with zero attached hydrogens (tertiary/aromatic N) is 5. The normalized spacial score (nSPS) is 13.8. The Bertz CT molecular complexity index is 928. The standard InChI is InChI=1S/C19H21ClN6O/c20-17-15(3-1-5-21-17)13-26-7-2-6-22-18-19(26)24-16(11-23-18)14-4-8-25(12-14)9-10-27/h1,3-5,8,11-12,27H,2,6-7,9-10,13H2,(H,22,23). The number of fused-ring (bicyclic) bond motifs is 1. The molecule has 2 N–H and O–H groups in total. The predicted molar refractivity (Wildman–Crippen MR) is 106 cm³/mol. The van der Waals surface area contributed by atoms with E-state index in [2.05, 4.69) is 20.2 Å². The second kappa shape index (κ2) is 7.94. The summed E-state index contributed by atoms with van der Waals surface area (Å²) in [5.74, 6) is 1.60. The second-order valence-corrected chi connectivity index (χ2v) is 6.80. The van der Waals surface area contributed by atoms with Crippen LogP contribution in [0.25, 0.3) is 11.3 Å². The molecule has 0 fully saturated rings. The van der Waals surface area contributed by atoms with Crippen molar-refractivity contribution in [2.45, 2.75) is 19.5 Å². The Hall–Kier alpha value is -2.64. The Balaban J connectivity index is 1.67. The number of aliphatic hydroxyl groups is 1. The number of anilines is 2. The Morgan fingerprint density at radius 3 is 3.04 bits per heavy atom. The molecule has 1 aliphatic rings. The van der Waals surface area contributed by atoms with Crippen molar-refractivity contribution in [3.63, 3.8) is 0 Å². The molecule has 7 nitrogen and oxygen atoms in total. The molecular weight excluding hydrogens is 364 g/mol.